The van der Waals surface area contributed by atoms with Gasteiger partial charge in [-0.25, -0.2) is 0 Å². The molecule has 0 bridgehead atoms. The fourth-order valence-corrected chi connectivity index (χ4v) is 2.77. The van der Waals surface area contributed by atoms with Crippen molar-refractivity contribution in [3.8, 4) is 0 Å². The van der Waals surface area contributed by atoms with Crippen LogP contribution in [0.15, 0.2) is 28.9 Å². The van der Waals surface area contributed by atoms with Crippen LogP contribution in [0.3, 0.4) is 0 Å². The summed E-state index contributed by atoms with van der Waals surface area (Å²) in [5.74, 6) is 0. The van der Waals surface area contributed by atoms with E-state index in [9.17, 15) is 5.11 Å². The number of nitrogens with zero attached hydrogens (tertiary/aromatic N) is 2. The zero-order valence-corrected chi connectivity index (χ0v) is 14.1. The molecule has 0 saturated carbocycles. The van der Waals surface area contributed by atoms with E-state index in [-0.39, 0.29) is 0 Å². The lowest BCUT2D eigenvalue weighted by molar-refractivity contribution is 0.207. The predicted molar refractivity (Wildman–Crippen MR) is 83.8 cm³/mol. The summed E-state index contributed by atoms with van der Waals surface area (Å²) >= 11 is 11.6. The third-order valence-corrected chi connectivity index (χ3v) is 4.83. The van der Waals surface area contributed by atoms with Gasteiger partial charge in [0.2, 0.25) is 0 Å². The Bertz CT molecular complexity index is 573. The second-order valence-electron chi connectivity index (χ2n) is 3.77. The standard InChI is InChI=1S/C12H11BrClIN2O/c1-2-17-11(8(13)6-16-17)12(18)7-3-4-10(15)9(14)5-7/h3-6,12,18H,2H2,1H3. The Labute approximate surface area is 132 Å². The van der Waals surface area contributed by atoms with Crippen molar-refractivity contribution >= 4 is 50.1 Å². The molecule has 0 fully saturated rings. The van der Waals surface area contributed by atoms with Crippen molar-refractivity contribution in [2.45, 2.75) is 19.6 Å². The van der Waals surface area contributed by atoms with E-state index >= 15 is 0 Å². The molecule has 1 N–H and O–H groups in total. The van der Waals surface area contributed by atoms with E-state index in [1.807, 2.05) is 19.1 Å². The Hall–Kier alpha value is -0.110. The lowest BCUT2D eigenvalue weighted by Gasteiger charge is -2.14. The Balaban J connectivity index is 2.44. The van der Waals surface area contributed by atoms with Crippen LogP contribution in [-0.4, -0.2) is 14.9 Å². The van der Waals surface area contributed by atoms with Crippen molar-refractivity contribution in [2.75, 3.05) is 0 Å². The lowest BCUT2D eigenvalue weighted by Crippen LogP contribution is -2.09. The normalized spacial score (nSPS) is 12.7. The first-order chi connectivity index (χ1) is 8.54. The molecule has 1 unspecified atom stereocenters. The Morgan fingerprint density at radius 2 is 2.28 bits per heavy atom. The minimum atomic E-state index is -0.740. The van der Waals surface area contributed by atoms with E-state index in [1.54, 1.807) is 16.9 Å². The zero-order valence-electron chi connectivity index (χ0n) is 9.57. The van der Waals surface area contributed by atoms with Crippen molar-refractivity contribution in [3.05, 3.63) is 48.7 Å². The van der Waals surface area contributed by atoms with E-state index in [1.165, 1.54) is 0 Å². The van der Waals surface area contributed by atoms with Gasteiger partial charge in [0, 0.05) is 10.1 Å². The summed E-state index contributed by atoms with van der Waals surface area (Å²) in [6.07, 6.45) is 0.951. The summed E-state index contributed by atoms with van der Waals surface area (Å²) < 4.78 is 3.53. The smallest absolute Gasteiger partial charge is 0.122 e. The fraction of sp³-hybridized carbons (Fsp3) is 0.250. The highest BCUT2D eigenvalue weighted by Crippen LogP contribution is 2.31. The molecule has 2 rings (SSSR count). The maximum absolute atomic E-state index is 10.4. The van der Waals surface area contributed by atoms with Crippen LogP contribution >= 0.6 is 50.1 Å². The average Bonchev–Trinajstić information content (AvgIpc) is 2.73. The predicted octanol–water partition coefficient (Wildman–Crippen LogP) is 4.01. The molecule has 96 valence electrons. The molecular formula is C12H11BrClIN2O. The van der Waals surface area contributed by atoms with Crippen LogP contribution in [0.2, 0.25) is 5.02 Å². The van der Waals surface area contributed by atoms with Gasteiger partial charge in [-0.05, 0) is 63.1 Å². The summed E-state index contributed by atoms with van der Waals surface area (Å²) in [5, 5.41) is 15.3. The highest BCUT2D eigenvalue weighted by Gasteiger charge is 2.19. The number of halogens is 3. The van der Waals surface area contributed by atoms with E-state index < -0.39 is 6.10 Å². The molecule has 1 heterocycles. The molecule has 6 heteroatoms. The van der Waals surface area contributed by atoms with Gasteiger partial charge in [0.1, 0.15) is 6.10 Å². The fourth-order valence-electron chi connectivity index (χ4n) is 1.74. The van der Waals surface area contributed by atoms with Gasteiger partial charge in [0.15, 0.2) is 0 Å². The van der Waals surface area contributed by atoms with E-state index in [4.69, 9.17) is 11.6 Å². The van der Waals surface area contributed by atoms with Gasteiger partial charge in [-0.1, -0.05) is 17.7 Å². The molecule has 0 aliphatic carbocycles. The molecule has 0 radical (unpaired) electrons. The third kappa shape index (κ3) is 2.74. The maximum atomic E-state index is 10.4. The topological polar surface area (TPSA) is 38.0 Å². The van der Waals surface area contributed by atoms with E-state index in [0.717, 1.165) is 19.3 Å². The maximum Gasteiger partial charge on any atom is 0.122 e. The average molecular weight is 441 g/mol. The number of aryl methyl sites for hydroxylation is 1. The summed E-state index contributed by atoms with van der Waals surface area (Å²) in [7, 11) is 0. The van der Waals surface area contributed by atoms with Crippen LogP contribution in [-0.2, 0) is 6.54 Å². The minimum absolute atomic E-state index is 0.644. The summed E-state index contributed by atoms with van der Waals surface area (Å²) in [6.45, 7) is 2.69. The molecule has 3 nitrogen and oxygen atoms in total. The van der Waals surface area contributed by atoms with Crippen LogP contribution in [0.5, 0.6) is 0 Å². The second kappa shape index (κ2) is 5.90. The number of aliphatic hydroxyl groups is 1. The van der Waals surface area contributed by atoms with Gasteiger partial charge in [0.25, 0.3) is 0 Å². The van der Waals surface area contributed by atoms with E-state index in [0.29, 0.717) is 11.6 Å². The first kappa shape index (κ1) is 14.3. The first-order valence-corrected chi connectivity index (χ1v) is 7.63. The molecule has 0 saturated heterocycles. The highest BCUT2D eigenvalue weighted by atomic mass is 127. The van der Waals surface area contributed by atoms with Crippen LogP contribution < -0.4 is 0 Å². The molecule has 1 aromatic carbocycles. The monoisotopic (exact) mass is 440 g/mol. The number of hydrogen-bond donors (Lipinski definition) is 1. The Morgan fingerprint density at radius 1 is 1.56 bits per heavy atom. The van der Waals surface area contributed by atoms with Crippen molar-refractivity contribution in [1.29, 1.82) is 0 Å². The van der Waals surface area contributed by atoms with Crippen molar-refractivity contribution < 1.29 is 5.11 Å². The van der Waals surface area contributed by atoms with Crippen LogP contribution in [0.4, 0.5) is 0 Å². The SMILES string of the molecule is CCn1ncc(Br)c1C(O)c1ccc(I)c(Cl)c1. The Kier molecular flexibility index (Phi) is 4.69. The number of rotatable bonds is 3. The molecule has 0 amide bonds. The van der Waals surface area contributed by atoms with Gasteiger partial charge in [-0.2, -0.15) is 5.10 Å². The highest BCUT2D eigenvalue weighted by molar-refractivity contribution is 14.1. The number of aliphatic hydroxyl groups excluding tert-OH is 1. The summed E-state index contributed by atoms with van der Waals surface area (Å²) in [6, 6.07) is 5.55. The molecule has 0 spiro atoms. The van der Waals surface area contributed by atoms with Gasteiger partial charge in [-0.15, -0.1) is 0 Å². The number of benzene rings is 1. The first-order valence-electron chi connectivity index (χ1n) is 5.38. The molecule has 18 heavy (non-hydrogen) atoms. The van der Waals surface area contributed by atoms with Crippen LogP contribution in [0.1, 0.15) is 24.3 Å². The van der Waals surface area contributed by atoms with Crippen molar-refractivity contribution in [2.24, 2.45) is 0 Å². The van der Waals surface area contributed by atoms with Gasteiger partial charge >= 0.3 is 0 Å². The Morgan fingerprint density at radius 3 is 2.89 bits per heavy atom. The quantitative estimate of drug-likeness (QED) is 0.732. The number of hydrogen-bond acceptors (Lipinski definition) is 2. The van der Waals surface area contributed by atoms with Gasteiger partial charge < -0.3 is 5.11 Å². The summed E-state index contributed by atoms with van der Waals surface area (Å²) in [5.41, 5.74) is 1.51. The lowest BCUT2D eigenvalue weighted by atomic mass is 10.1. The second-order valence-corrected chi connectivity index (χ2v) is 6.19. The molecular weight excluding hydrogens is 430 g/mol. The molecule has 2 aromatic rings. The van der Waals surface area contributed by atoms with E-state index in [2.05, 4.69) is 43.6 Å². The van der Waals surface area contributed by atoms with Crippen molar-refractivity contribution in [3.63, 3.8) is 0 Å². The largest absolute Gasteiger partial charge is 0.382 e. The zero-order chi connectivity index (χ0) is 13.3. The van der Waals surface area contributed by atoms with Crippen LogP contribution in [0, 0.1) is 3.57 Å². The number of aromatic nitrogens is 2. The molecule has 1 atom stereocenters. The van der Waals surface area contributed by atoms with Crippen LogP contribution in [0.25, 0.3) is 0 Å². The third-order valence-electron chi connectivity index (χ3n) is 2.65. The molecule has 0 aliphatic heterocycles. The molecule has 0 aliphatic rings. The van der Waals surface area contributed by atoms with Gasteiger partial charge in [-0.3, -0.25) is 4.68 Å². The molecule has 1 aromatic heterocycles. The van der Waals surface area contributed by atoms with Gasteiger partial charge in [0.05, 0.1) is 21.4 Å². The van der Waals surface area contributed by atoms with Crippen molar-refractivity contribution in [1.82, 2.24) is 9.78 Å². The minimum Gasteiger partial charge on any atom is -0.382 e. The summed E-state index contributed by atoms with van der Waals surface area (Å²) in [4.78, 5) is 0.